The molecular formula is C9H16N2. The van der Waals surface area contributed by atoms with Crippen molar-refractivity contribution in [1.29, 1.82) is 0 Å². The molecule has 0 N–H and O–H groups in total. The summed E-state index contributed by atoms with van der Waals surface area (Å²) in [5.41, 5.74) is 1.33. The fourth-order valence-corrected chi connectivity index (χ4v) is 1.19. The van der Waals surface area contributed by atoms with Gasteiger partial charge in [0, 0.05) is 17.9 Å². The van der Waals surface area contributed by atoms with Crippen LogP contribution >= 0.6 is 0 Å². The highest BCUT2D eigenvalue weighted by Gasteiger charge is 2.05. The van der Waals surface area contributed by atoms with Crippen molar-refractivity contribution >= 4 is 0 Å². The van der Waals surface area contributed by atoms with E-state index in [0.29, 0.717) is 6.04 Å². The molecule has 62 valence electrons. The second-order valence-electron chi connectivity index (χ2n) is 2.88. The van der Waals surface area contributed by atoms with Crippen LogP contribution in [0.15, 0.2) is 12.3 Å². The highest BCUT2D eigenvalue weighted by molar-refractivity contribution is 5.00. The van der Waals surface area contributed by atoms with Gasteiger partial charge in [-0.15, -0.1) is 0 Å². The van der Waals surface area contributed by atoms with E-state index in [-0.39, 0.29) is 0 Å². The standard InChI is InChI=1S/C9H16N2/c1-4-8(3)11-9(5-2)6-7-10-11/h6-8H,4-5H2,1-3H3/t8-/m0/s1. The molecule has 0 spiro atoms. The molecule has 1 heterocycles. The summed E-state index contributed by atoms with van der Waals surface area (Å²) < 4.78 is 2.11. The van der Waals surface area contributed by atoms with E-state index in [0.717, 1.165) is 12.8 Å². The molecule has 1 aromatic rings. The molecule has 0 aliphatic heterocycles. The lowest BCUT2D eigenvalue weighted by atomic mass is 10.2. The van der Waals surface area contributed by atoms with Crippen molar-refractivity contribution in [3.05, 3.63) is 18.0 Å². The Kier molecular flexibility index (Phi) is 2.69. The van der Waals surface area contributed by atoms with Gasteiger partial charge in [-0.1, -0.05) is 13.8 Å². The molecule has 0 unspecified atom stereocenters. The normalized spacial score (nSPS) is 13.4. The zero-order chi connectivity index (χ0) is 8.27. The number of hydrogen-bond donors (Lipinski definition) is 0. The zero-order valence-electron chi connectivity index (χ0n) is 7.54. The summed E-state index contributed by atoms with van der Waals surface area (Å²) in [7, 11) is 0. The van der Waals surface area contributed by atoms with Crippen LogP contribution in [0.5, 0.6) is 0 Å². The van der Waals surface area contributed by atoms with Crippen LogP contribution in [0.3, 0.4) is 0 Å². The largest absolute Gasteiger partial charge is 0.267 e. The zero-order valence-corrected chi connectivity index (χ0v) is 7.54. The fraction of sp³-hybridized carbons (Fsp3) is 0.667. The summed E-state index contributed by atoms with van der Waals surface area (Å²) in [6.07, 6.45) is 4.10. The van der Waals surface area contributed by atoms with Crippen molar-refractivity contribution in [2.24, 2.45) is 0 Å². The Morgan fingerprint density at radius 1 is 1.55 bits per heavy atom. The number of nitrogens with zero attached hydrogens (tertiary/aromatic N) is 2. The topological polar surface area (TPSA) is 17.8 Å². The van der Waals surface area contributed by atoms with Gasteiger partial charge in [0.15, 0.2) is 0 Å². The van der Waals surface area contributed by atoms with Gasteiger partial charge in [0.2, 0.25) is 0 Å². The summed E-state index contributed by atoms with van der Waals surface area (Å²) >= 11 is 0. The fourth-order valence-electron chi connectivity index (χ4n) is 1.19. The highest BCUT2D eigenvalue weighted by Crippen LogP contribution is 2.11. The maximum Gasteiger partial charge on any atom is 0.0492 e. The predicted molar refractivity (Wildman–Crippen MR) is 46.6 cm³/mol. The first kappa shape index (κ1) is 8.31. The average molecular weight is 152 g/mol. The minimum atomic E-state index is 0.542. The molecule has 0 bridgehead atoms. The van der Waals surface area contributed by atoms with Gasteiger partial charge in [-0.3, -0.25) is 4.68 Å². The van der Waals surface area contributed by atoms with Crippen LogP contribution in [0, 0.1) is 0 Å². The molecular weight excluding hydrogens is 136 g/mol. The van der Waals surface area contributed by atoms with Crippen LogP contribution in [0.1, 0.15) is 38.9 Å². The Hall–Kier alpha value is -0.790. The summed E-state index contributed by atoms with van der Waals surface area (Å²) in [6, 6.07) is 2.63. The minimum Gasteiger partial charge on any atom is -0.267 e. The second-order valence-corrected chi connectivity index (χ2v) is 2.88. The molecule has 0 radical (unpaired) electrons. The second kappa shape index (κ2) is 3.56. The molecule has 0 aromatic carbocycles. The van der Waals surface area contributed by atoms with Gasteiger partial charge >= 0.3 is 0 Å². The van der Waals surface area contributed by atoms with Gasteiger partial charge in [-0.2, -0.15) is 5.10 Å². The lowest BCUT2D eigenvalue weighted by Gasteiger charge is -2.12. The maximum atomic E-state index is 4.27. The van der Waals surface area contributed by atoms with Crippen LogP contribution in [-0.2, 0) is 6.42 Å². The molecule has 0 saturated carbocycles. The molecule has 0 amide bonds. The van der Waals surface area contributed by atoms with Crippen LogP contribution in [0.4, 0.5) is 0 Å². The highest BCUT2D eigenvalue weighted by atomic mass is 15.3. The quantitative estimate of drug-likeness (QED) is 0.650. The van der Waals surface area contributed by atoms with Gasteiger partial charge in [0.25, 0.3) is 0 Å². The first-order valence-corrected chi connectivity index (χ1v) is 4.32. The molecule has 11 heavy (non-hydrogen) atoms. The lowest BCUT2D eigenvalue weighted by molar-refractivity contribution is 0.462. The molecule has 0 saturated heterocycles. The van der Waals surface area contributed by atoms with Crippen molar-refractivity contribution < 1.29 is 0 Å². The Balaban J connectivity index is 2.83. The molecule has 0 aliphatic rings. The monoisotopic (exact) mass is 152 g/mol. The summed E-state index contributed by atoms with van der Waals surface area (Å²) in [5.74, 6) is 0. The van der Waals surface area contributed by atoms with Crippen LogP contribution in [0.25, 0.3) is 0 Å². The summed E-state index contributed by atoms with van der Waals surface area (Å²) in [4.78, 5) is 0. The van der Waals surface area contributed by atoms with Crippen LogP contribution < -0.4 is 0 Å². The predicted octanol–water partition coefficient (Wildman–Crippen LogP) is 2.42. The molecule has 1 rings (SSSR count). The Morgan fingerprint density at radius 2 is 2.27 bits per heavy atom. The SMILES string of the molecule is CCc1ccnn1[C@@H](C)CC. The van der Waals surface area contributed by atoms with Crippen LogP contribution in [-0.4, -0.2) is 9.78 Å². The van der Waals surface area contributed by atoms with Crippen molar-refractivity contribution in [2.75, 3.05) is 0 Å². The summed E-state index contributed by atoms with van der Waals surface area (Å²) in [5, 5.41) is 4.27. The van der Waals surface area contributed by atoms with E-state index in [1.807, 2.05) is 6.20 Å². The number of rotatable bonds is 3. The average Bonchev–Trinajstić information content (AvgIpc) is 2.50. The van der Waals surface area contributed by atoms with Crippen molar-refractivity contribution in [3.8, 4) is 0 Å². The van der Waals surface area contributed by atoms with Gasteiger partial charge in [0.05, 0.1) is 0 Å². The molecule has 0 fully saturated rings. The van der Waals surface area contributed by atoms with E-state index >= 15 is 0 Å². The third-order valence-corrected chi connectivity index (χ3v) is 2.12. The van der Waals surface area contributed by atoms with Gasteiger partial charge in [-0.05, 0) is 25.8 Å². The molecule has 2 nitrogen and oxygen atoms in total. The molecule has 0 aliphatic carbocycles. The smallest absolute Gasteiger partial charge is 0.0492 e. The first-order chi connectivity index (χ1) is 5.29. The van der Waals surface area contributed by atoms with E-state index in [2.05, 4.69) is 36.6 Å². The molecule has 1 aromatic heterocycles. The minimum absolute atomic E-state index is 0.542. The number of hydrogen-bond acceptors (Lipinski definition) is 1. The van der Waals surface area contributed by atoms with E-state index in [1.165, 1.54) is 5.69 Å². The summed E-state index contributed by atoms with van der Waals surface area (Å²) in [6.45, 7) is 6.55. The van der Waals surface area contributed by atoms with Crippen molar-refractivity contribution in [1.82, 2.24) is 9.78 Å². The lowest BCUT2D eigenvalue weighted by Crippen LogP contribution is -2.08. The Labute approximate surface area is 68.2 Å². The number of aryl methyl sites for hydroxylation is 1. The maximum absolute atomic E-state index is 4.27. The molecule has 1 atom stereocenters. The Bertz CT molecular complexity index is 215. The first-order valence-electron chi connectivity index (χ1n) is 4.32. The van der Waals surface area contributed by atoms with Crippen LogP contribution in [0.2, 0.25) is 0 Å². The van der Waals surface area contributed by atoms with Crippen molar-refractivity contribution in [3.63, 3.8) is 0 Å². The third-order valence-electron chi connectivity index (χ3n) is 2.12. The number of aromatic nitrogens is 2. The van der Waals surface area contributed by atoms with E-state index in [4.69, 9.17) is 0 Å². The van der Waals surface area contributed by atoms with Gasteiger partial charge in [-0.25, -0.2) is 0 Å². The van der Waals surface area contributed by atoms with E-state index in [1.54, 1.807) is 0 Å². The van der Waals surface area contributed by atoms with E-state index in [9.17, 15) is 0 Å². The molecule has 2 heteroatoms. The van der Waals surface area contributed by atoms with E-state index < -0.39 is 0 Å². The van der Waals surface area contributed by atoms with Crippen molar-refractivity contribution in [2.45, 2.75) is 39.7 Å². The van der Waals surface area contributed by atoms with Gasteiger partial charge < -0.3 is 0 Å². The third kappa shape index (κ3) is 1.62. The Morgan fingerprint density at radius 3 is 2.82 bits per heavy atom. The van der Waals surface area contributed by atoms with Gasteiger partial charge in [0.1, 0.15) is 0 Å².